The number of carbonyl (C=O) groups excluding carboxylic acids is 2. The third-order valence-corrected chi connectivity index (χ3v) is 3.71. The van der Waals surface area contributed by atoms with Crippen LogP contribution in [0.15, 0.2) is 48.7 Å². The first-order valence-electron chi connectivity index (χ1n) is 7.97. The molecular weight excluding hydrogens is 320 g/mol. The molecule has 0 fully saturated rings. The molecule has 0 aliphatic heterocycles. The van der Waals surface area contributed by atoms with Gasteiger partial charge in [-0.25, -0.2) is 0 Å². The number of benzene rings is 1. The average Bonchev–Trinajstić information content (AvgIpc) is 2.59. The monoisotopic (exact) mass is 342 g/mol. The van der Waals surface area contributed by atoms with Crippen molar-refractivity contribution in [1.82, 2.24) is 4.98 Å². The van der Waals surface area contributed by atoms with E-state index in [2.05, 4.69) is 10.3 Å². The Labute approximate surface area is 146 Å². The van der Waals surface area contributed by atoms with Gasteiger partial charge < -0.3 is 25.4 Å². The van der Waals surface area contributed by atoms with E-state index in [0.717, 1.165) is 11.4 Å². The molecule has 1 aromatic carbocycles. The van der Waals surface area contributed by atoms with Crippen LogP contribution in [-0.2, 0) is 16.1 Å². The lowest BCUT2D eigenvalue weighted by Gasteiger charge is -2.17. The van der Waals surface area contributed by atoms with Crippen LogP contribution in [0.1, 0.15) is 12.1 Å². The number of nitrogens with two attached hydrogens (primary N) is 1. The first-order chi connectivity index (χ1) is 12.0. The van der Waals surface area contributed by atoms with Crippen LogP contribution in [-0.4, -0.2) is 37.0 Å². The number of hydrogen-bond acceptors (Lipinski definition) is 5. The van der Waals surface area contributed by atoms with Gasteiger partial charge in [0.25, 0.3) is 0 Å². The lowest BCUT2D eigenvalue weighted by molar-refractivity contribution is -0.697. The standard InChI is InChI=1S/C18H22N4O3/c1-22(2)15-8-6-13(7-9-15)21-17(23)11-16(18(24)25)20-12-14-5-3-4-10-19-14/h3-10,16,20H,11-12H2,1-2H3,(H,21,23)(H,24,25). The highest BCUT2D eigenvalue weighted by Crippen LogP contribution is 2.15. The molecule has 1 heterocycles. The van der Waals surface area contributed by atoms with Gasteiger partial charge in [0, 0.05) is 31.7 Å². The van der Waals surface area contributed by atoms with Gasteiger partial charge in [-0.3, -0.25) is 9.78 Å². The number of carbonyl (C=O) groups is 2. The molecule has 2 rings (SSSR count). The molecular formula is C18H22N4O3. The van der Waals surface area contributed by atoms with Crippen LogP contribution in [0.3, 0.4) is 0 Å². The predicted octanol–water partition coefficient (Wildman–Crippen LogP) is -0.642. The van der Waals surface area contributed by atoms with Crippen molar-refractivity contribution in [1.29, 1.82) is 0 Å². The summed E-state index contributed by atoms with van der Waals surface area (Å²) < 4.78 is 0. The summed E-state index contributed by atoms with van der Waals surface area (Å²) in [5.74, 6) is -1.64. The average molecular weight is 342 g/mol. The van der Waals surface area contributed by atoms with Gasteiger partial charge in [0.05, 0.1) is 18.1 Å². The normalized spacial score (nSPS) is 11.6. The Morgan fingerprint density at radius 2 is 1.92 bits per heavy atom. The Morgan fingerprint density at radius 1 is 1.20 bits per heavy atom. The van der Waals surface area contributed by atoms with Gasteiger partial charge in [0.15, 0.2) is 0 Å². The first-order valence-corrected chi connectivity index (χ1v) is 7.97. The lowest BCUT2D eigenvalue weighted by Crippen LogP contribution is -2.92. The van der Waals surface area contributed by atoms with E-state index in [4.69, 9.17) is 0 Å². The SMILES string of the molecule is CN(C)c1ccc(NC(=O)CC([NH2+]Cc2ccccn2)C(=O)[O-])cc1. The maximum Gasteiger partial charge on any atom is 0.230 e. The summed E-state index contributed by atoms with van der Waals surface area (Å²) in [6.07, 6.45) is 1.46. The molecule has 1 amide bonds. The number of nitrogens with zero attached hydrogens (tertiary/aromatic N) is 2. The van der Waals surface area contributed by atoms with Crippen LogP contribution in [0.5, 0.6) is 0 Å². The highest BCUT2D eigenvalue weighted by atomic mass is 16.4. The molecule has 0 aliphatic rings. The van der Waals surface area contributed by atoms with Crippen LogP contribution >= 0.6 is 0 Å². The molecule has 0 aliphatic carbocycles. The molecule has 0 spiro atoms. The topological polar surface area (TPSA) is 102 Å². The lowest BCUT2D eigenvalue weighted by atomic mass is 10.2. The van der Waals surface area contributed by atoms with Gasteiger partial charge in [-0.15, -0.1) is 0 Å². The molecule has 0 bridgehead atoms. The van der Waals surface area contributed by atoms with Crippen LogP contribution in [0.4, 0.5) is 11.4 Å². The number of quaternary nitrogens is 1. The molecule has 1 atom stereocenters. The van der Waals surface area contributed by atoms with Gasteiger partial charge in [-0.1, -0.05) is 6.07 Å². The second kappa shape index (κ2) is 8.79. The summed E-state index contributed by atoms with van der Waals surface area (Å²) >= 11 is 0. The number of aliphatic carboxylic acids is 1. The van der Waals surface area contributed by atoms with Crippen molar-refractivity contribution in [2.75, 3.05) is 24.3 Å². The maximum atomic E-state index is 12.1. The van der Waals surface area contributed by atoms with Crippen LogP contribution in [0.2, 0.25) is 0 Å². The molecule has 1 unspecified atom stereocenters. The largest absolute Gasteiger partial charge is 0.544 e. The number of rotatable bonds is 8. The zero-order chi connectivity index (χ0) is 18.2. The van der Waals surface area contributed by atoms with Crippen molar-refractivity contribution in [3.05, 3.63) is 54.4 Å². The van der Waals surface area contributed by atoms with Gasteiger partial charge in [-0.05, 0) is 36.4 Å². The van der Waals surface area contributed by atoms with E-state index in [-0.39, 0.29) is 12.3 Å². The maximum absolute atomic E-state index is 12.1. The highest BCUT2D eigenvalue weighted by molar-refractivity contribution is 5.93. The molecule has 0 saturated heterocycles. The van der Waals surface area contributed by atoms with Crippen molar-refractivity contribution < 1.29 is 20.0 Å². The molecule has 1 aromatic heterocycles. The van der Waals surface area contributed by atoms with E-state index >= 15 is 0 Å². The molecule has 2 aromatic rings. The number of pyridine rings is 1. The number of anilines is 2. The molecule has 0 radical (unpaired) electrons. The first kappa shape index (κ1) is 18.4. The summed E-state index contributed by atoms with van der Waals surface area (Å²) in [5, 5.41) is 15.5. The van der Waals surface area contributed by atoms with Crippen molar-refractivity contribution in [2.24, 2.45) is 0 Å². The van der Waals surface area contributed by atoms with Crippen LogP contribution in [0, 0.1) is 0 Å². The van der Waals surface area contributed by atoms with Gasteiger partial charge in [-0.2, -0.15) is 0 Å². The number of hydrogen-bond donors (Lipinski definition) is 2. The fourth-order valence-electron chi connectivity index (χ4n) is 2.30. The second-order valence-electron chi connectivity index (χ2n) is 5.88. The molecule has 3 N–H and O–H groups in total. The van der Waals surface area contributed by atoms with E-state index in [0.29, 0.717) is 12.2 Å². The van der Waals surface area contributed by atoms with Gasteiger partial charge in [0.2, 0.25) is 5.91 Å². The van der Waals surface area contributed by atoms with E-state index in [1.165, 1.54) is 0 Å². The molecule has 132 valence electrons. The second-order valence-corrected chi connectivity index (χ2v) is 5.88. The smallest absolute Gasteiger partial charge is 0.230 e. The summed E-state index contributed by atoms with van der Waals surface area (Å²) in [6.45, 7) is 0.365. The van der Waals surface area contributed by atoms with E-state index < -0.39 is 12.0 Å². The molecule has 7 heteroatoms. The summed E-state index contributed by atoms with van der Waals surface area (Å²) in [5.41, 5.74) is 2.38. The van der Waals surface area contributed by atoms with Crippen molar-refractivity contribution in [3.63, 3.8) is 0 Å². The Bertz CT molecular complexity index is 702. The van der Waals surface area contributed by atoms with Crippen LogP contribution < -0.4 is 20.6 Å². The zero-order valence-corrected chi connectivity index (χ0v) is 14.3. The summed E-state index contributed by atoms with van der Waals surface area (Å²) in [6, 6.07) is 11.7. The number of nitrogens with one attached hydrogen (secondary N) is 1. The minimum Gasteiger partial charge on any atom is -0.544 e. The van der Waals surface area contributed by atoms with E-state index in [1.54, 1.807) is 35.8 Å². The van der Waals surface area contributed by atoms with E-state index in [9.17, 15) is 14.7 Å². The number of carboxylic acids is 1. The molecule has 0 saturated carbocycles. The third-order valence-electron chi connectivity index (χ3n) is 3.71. The minimum atomic E-state index is -1.27. The molecule has 25 heavy (non-hydrogen) atoms. The predicted molar refractivity (Wildman–Crippen MR) is 92.7 cm³/mol. The Kier molecular flexibility index (Phi) is 6.47. The highest BCUT2D eigenvalue weighted by Gasteiger charge is 2.18. The minimum absolute atomic E-state index is 0.176. The summed E-state index contributed by atoms with van der Waals surface area (Å²) in [7, 11) is 3.85. The van der Waals surface area contributed by atoms with Crippen molar-refractivity contribution in [2.45, 2.75) is 19.0 Å². The Morgan fingerprint density at radius 3 is 2.48 bits per heavy atom. The zero-order valence-electron chi connectivity index (χ0n) is 14.3. The fraction of sp³-hybridized carbons (Fsp3) is 0.278. The number of aromatic nitrogens is 1. The Hall–Kier alpha value is -2.93. The number of amides is 1. The molecule has 7 nitrogen and oxygen atoms in total. The van der Waals surface area contributed by atoms with Gasteiger partial charge in [0.1, 0.15) is 12.6 Å². The summed E-state index contributed by atoms with van der Waals surface area (Å²) in [4.78, 5) is 29.5. The fourth-order valence-corrected chi connectivity index (χ4v) is 2.30. The Balaban J connectivity index is 1.90. The van der Waals surface area contributed by atoms with Gasteiger partial charge >= 0.3 is 0 Å². The van der Waals surface area contributed by atoms with Crippen molar-refractivity contribution >= 4 is 23.3 Å². The number of carboxylic acid groups (broad SMARTS) is 1. The quantitative estimate of drug-likeness (QED) is 0.664. The van der Waals surface area contributed by atoms with Crippen LogP contribution in [0.25, 0.3) is 0 Å². The third kappa shape index (κ3) is 5.89. The van der Waals surface area contributed by atoms with Crippen molar-refractivity contribution in [3.8, 4) is 0 Å². The van der Waals surface area contributed by atoms with E-state index in [1.807, 2.05) is 37.2 Å².